The van der Waals surface area contributed by atoms with Crippen molar-refractivity contribution < 1.29 is 4.74 Å². The van der Waals surface area contributed by atoms with Crippen molar-refractivity contribution in [3.8, 4) is 5.75 Å². The molecule has 0 heterocycles. The zero-order valence-corrected chi connectivity index (χ0v) is 13.1. The highest BCUT2D eigenvalue weighted by atomic mass is 16.5. The van der Waals surface area contributed by atoms with E-state index < -0.39 is 0 Å². The molecule has 0 aliphatic carbocycles. The highest BCUT2D eigenvalue weighted by Gasteiger charge is 2.08. The molecule has 0 spiro atoms. The smallest absolute Gasteiger partial charge is 0.124 e. The summed E-state index contributed by atoms with van der Waals surface area (Å²) in [6, 6.07) is 21.1. The molecule has 0 saturated heterocycles. The largest absolute Gasteiger partial charge is 0.494 e. The number of hydrogen-bond donors (Lipinski definition) is 1. The summed E-state index contributed by atoms with van der Waals surface area (Å²) in [4.78, 5) is 0. The van der Waals surface area contributed by atoms with Gasteiger partial charge in [-0.05, 0) is 42.8 Å². The van der Waals surface area contributed by atoms with E-state index in [-0.39, 0.29) is 0 Å². The van der Waals surface area contributed by atoms with Crippen LogP contribution in [-0.2, 0) is 6.54 Å². The summed E-state index contributed by atoms with van der Waals surface area (Å²) >= 11 is 0. The molecule has 0 aliphatic rings. The first-order valence-corrected chi connectivity index (χ1v) is 7.72. The molecule has 0 amide bonds. The predicted octanol–water partition coefficient (Wildman–Crippen LogP) is 5.16. The van der Waals surface area contributed by atoms with Crippen LogP contribution in [0.3, 0.4) is 0 Å². The van der Waals surface area contributed by atoms with Crippen molar-refractivity contribution in [1.82, 2.24) is 0 Å². The Morgan fingerprint density at radius 1 is 0.909 bits per heavy atom. The summed E-state index contributed by atoms with van der Waals surface area (Å²) in [7, 11) is 0. The second-order valence-corrected chi connectivity index (χ2v) is 5.42. The summed E-state index contributed by atoms with van der Waals surface area (Å²) in [6.07, 6.45) is 0. The van der Waals surface area contributed by atoms with Gasteiger partial charge in [0.1, 0.15) is 5.75 Å². The third-order valence-corrected chi connectivity index (χ3v) is 3.82. The second kappa shape index (κ2) is 6.52. The van der Waals surface area contributed by atoms with E-state index in [1.807, 2.05) is 6.92 Å². The van der Waals surface area contributed by atoms with Gasteiger partial charge >= 0.3 is 0 Å². The average Bonchev–Trinajstić information content (AvgIpc) is 2.55. The Hall–Kier alpha value is -2.48. The molecule has 0 radical (unpaired) electrons. The van der Waals surface area contributed by atoms with Crippen LogP contribution in [0, 0.1) is 6.92 Å². The normalized spacial score (nSPS) is 10.6. The molecule has 0 atom stereocenters. The van der Waals surface area contributed by atoms with E-state index in [1.165, 1.54) is 21.9 Å². The summed E-state index contributed by atoms with van der Waals surface area (Å²) in [5.41, 5.74) is 3.60. The van der Waals surface area contributed by atoms with E-state index in [0.29, 0.717) is 6.61 Å². The molecule has 0 saturated carbocycles. The van der Waals surface area contributed by atoms with Gasteiger partial charge in [0.05, 0.1) is 6.61 Å². The minimum atomic E-state index is 0.676. The van der Waals surface area contributed by atoms with Crippen molar-refractivity contribution in [2.75, 3.05) is 11.9 Å². The Balaban J connectivity index is 1.93. The maximum Gasteiger partial charge on any atom is 0.124 e. The fraction of sp³-hybridized carbons (Fsp3) is 0.200. The molecule has 2 nitrogen and oxygen atoms in total. The summed E-state index contributed by atoms with van der Waals surface area (Å²) in [5.74, 6) is 0.959. The second-order valence-electron chi connectivity index (χ2n) is 5.42. The van der Waals surface area contributed by atoms with Gasteiger partial charge < -0.3 is 10.1 Å². The van der Waals surface area contributed by atoms with Gasteiger partial charge in [-0.1, -0.05) is 48.0 Å². The SMILES string of the molecule is CCOc1ccc2ccccc2c1CNc1ccc(C)cc1. The van der Waals surface area contributed by atoms with Crippen LogP contribution in [0.4, 0.5) is 5.69 Å². The molecule has 0 fully saturated rings. The van der Waals surface area contributed by atoms with Crippen LogP contribution in [0.1, 0.15) is 18.1 Å². The number of nitrogens with one attached hydrogen (secondary N) is 1. The first-order valence-electron chi connectivity index (χ1n) is 7.72. The van der Waals surface area contributed by atoms with Crippen LogP contribution in [0.15, 0.2) is 60.7 Å². The van der Waals surface area contributed by atoms with Gasteiger partial charge in [0.2, 0.25) is 0 Å². The number of hydrogen-bond acceptors (Lipinski definition) is 2. The van der Waals surface area contributed by atoms with Gasteiger partial charge in [-0.15, -0.1) is 0 Å². The van der Waals surface area contributed by atoms with E-state index in [0.717, 1.165) is 18.0 Å². The first-order chi connectivity index (χ1) is 10.8. The summed E-state index contributed by atoms with van der Waals surface area (Å²) in [5, 5.41) is 5.98. The fourth-order valence-electron chi connectivity index (χ4n) is 2.65. The topological polar surface area (TPSA) is 21.3 Å². The molecular formula is C20H21NO. The van der Waals surface area contributed by atoms with Crippen molar-refractivity contribution in [2.45, 2.75) is 20.4 Å². The molecule has 3 aromatic rings. The highest BCUT2D eigenvalue weighted by Crippen LogP contribution is 2.29. The van der Waals surface area contributed by atoms with Gasteiger partial charge in [0.15, 0.2) is 0 Å². The molecular weight excluding hydrogens is 270 g/mol. The molecule has 112 valence electrons. The van der Waals surface area contributed by atoms with Crippen LogP contribution in [-0.4, -0.2) is 6.61 Å². The minimum Gasteiger partial charge on any atom is -0.494 e. The molecule has 3 rings (SSSR count). The van der Waals surface area contributed by atoms with Gasteiger partial charge in [-0.3, -0.25) is 0 Å². The number of aryl methyl sites for hydroxylation is 1. The summed E-state index contributed by atoms with van der Waals surface area (Å²) < 4.78 is 5.81. The van der Waals surface area contributed by atoms with E-state index >= 15 is 0 Å². The fourth-order valence-corrected chi connectivity index (χ4v) is 2.65. The molecule has 3 aromatic carbocycles. The van der Waals surface area contributed by atoms with Crippen LogP contribution in [0.5, 0.6) is 5.75 Å². The quantitative estimate of drug-likeness (QED) is 0.701. The minimum absolute atomic E-state index is 0.676. The molecule has 0 aliphatic heterocycles. The standard InChI is InChI=1S/C20H21NO/c1-3-22-20-13-10-16-6-4-5-7-18(16)19(20)14-21-17-11-8-15(2)9-12-17/h4-13,21H,3,14H2,1-2H3. The molecule has 0 aromatic heterocycles. The molecule has 2 heteroatoms. The lowest BCUT2D eigenvalue weighted by Gasteiger charge is -2.15. The average molecular weight is 291 g/mol. The number of rotatable bonds is 5. The highest BCUT2D eigenvalue weighted by molar-refractivity contribution is 5.88. The Morgan fingerprint density at radius 2 is 1.68 bits per heavy atom. The van der Waals surface area contributed by atoms with Crippen molar-refractivity contribution in [1.29, 1.82) is 0 Å². The van der Waals surface area contributed by atoms with Crippen LogP contribution < -0.4 is 10.1 Å². The lowest BCUT2D eigenvalue weighted by atomic mass is 10.0. The van der Waals surface area contributed by atoms with Gasteiger partial charge in [-0.25, -0.2) is 0 Å². The Kier molecular flexibility index (Phi) is 4.29. The monoisotopic (exact) mass is 291 g/mol. The maximum absolute atomic E-state index is 5.81. The van der Waals surface area contributed by atoms with Crippen LogP contribution in [0.25, 0.3) is 10.8 Å². The van der Waals surface area contributed by atoms with Gasteiger partial charge in [0.25, 0.3) is 0 Å². The lowest BCUT2D eigenvalue weighted by molar-refractivity contribution is 0.337. The number of anilines is 1. The Morgan fingerprint density at radius 3 is 2.45 bits per heavy atom. The lowest BCUT2D eigenvalue weighted by Crippen LogP contribution is -2.04. The number of benzene rings is 3. The summed E-state index contributed by atoms with van der Waals surface area (Å²) in [6.45, 7) is 5.55. The zero-order valence-electron chi connectivity index (χ0n) is 13.1. The number of ether oxygens (including phenoxy) is 1. The van der Waals surface area contributed by atoms with E-state index in [9.17, 15) is 0 Å². The third kappa shape index (κ3) is 3.06. The van der Waals surface area contributed by atoms with Crippen LogP contribution in [0.2, 0.25) is 0 Å². The number of fused-ring (bicyclic) bond motifs is 1. The molecule has 1 N–H and O–H groups in total. The van der Waals surface area contributed by atoms with Crippen molar-refractivity contribution in [3.05, 3.63) is 71.8 Å². The Labute approximate surface area is 131 Å². The van der Waals surface area contributed by atoms with Crippen molar-refractivity contribution >= 4 is 16.5 Å². The van der Waals surface area contributed by atoms with Gasteiger partial charge in [0, 0.05) is 17.8 Å². The molecule has 22 heavy (non-hydrogen) atoms. The first kappa shape index (κ1) is 14.5. The van der Waals surface area contributed by atoms with Gasteiger partial charge in [-0.2, -0.15) is 0 Å². The molecule has 0 bridgehead atoms. The van der Waals surface area contributed by atoms with Crippen molar-refractivity contribution in [2.24, 2.45) is 0 Å². The Bertz CT molecular complexity index is 762. The zero-order chi connectivity index (χ0) is 15.4. The maximum atomic E-state index is 5.81. The molecule has 0 unspecified atom stereocenters. The van der Waals surface area contributed by atoms with E-state index in [4.69, 9.17) is 4.74 Å². The third-order valence-electron chi connectivity index (χ3n) is 3.82. The van der Waals surface area contributed by atoms with Crippen LogP contribution >= 0.6 is 0 Å². The predicted molar refractivity (Wildman–Crippen MR) is 93.6 cm³/mol. The van der Waals surface area contributed by atoms with E-state index in [2.05, 4.69) is 72.9 Å². The van der Waals surface area contributed by atoms with Crippen molar-refractivity contribution in [3.63, 3.8) is 0 Å². The van der Waals surface area contributed by atoms with E-state index in [1.54, 1.807) is 0 Å².